The number of aliphatic imine (C=N–C) groups is 1. The molecule has 0 bridgehead atoms. The Balaban J connectivity index is 0.00000676. The summed E-state index contributed by atoms with van der Waals surface area (Å²) in [5, 5.41) is 6.34. The van der Waals surface area contributed by atoms with Gasteiger partial charge in [0.2, 0.25) is 0 Å². The molecule has 0 amide bonds. The molecule has 0 saturated carbocycles. The predicted molar refractivity (Wildman–Crippen MR) is 116 cm³/mol. The molecule has 156 valence electrons. The lowest BCUT2D eigenvalue weighted by molar-refractivity contribution is -0.0504. The Labute approximate surface area is 177 Å². The van der Waals surface area contributed by atoms with Crippen LogP contribution in [0.15, 0.2) is 23.2 Å². The van der Waals surface area contributed by atoms with Crippen molar-refractivity contribution in [2.45, 2.75) is 33.4 Å². The van der Waals surface area contributed by atoms with Gasteiger partial charge in [0.05, 0.1) is 7.11 Å². The van der Waals surface area contributed by atoms with Crippen LogP contribution in [0.5, 0.6) is 11.5 Å². The third-order valence-electron chi connectivity index (χ3n) is 3.99. The first-order chi connectivity index (χ1) is 12.5. The maximum Gasteiger partial charge on any atom is 0.387 e. The Morgan fingerprint density at radius 1 is 1.22 bits per heavy atom. The number of halogens is 3. The van der Waals surface area contributed by atoms with Crippen LogP contribution in [0.25, 0.3) is 0 Å². The van der Waals surface area contributed by atoms with Gasteiger partial charge in [-0.2, -0.15) is 8.78 Å². The van der Waals surface area contributed by atoms with Gasteiger partial charge in [0.1, 0.15) is 11.5 Å². The number of nitrogens with one attached hydrogen (secondary N) is 2. The van der Waals surface area contributed by atoms with Crippen LogP contribution in [0.3, 0.4) is 0 Å². The van der Waals surface area contributed by atoms with Gasteiger partial charge in [-0.05, 0) is 44.3 Å². The van der Waals surface area contributed by atoms with E-state index in [4.69, 9.17) is 4.74 Å². The molecule has 1 aromatic rings. The highest BCUT2D eigenvalue weighted by Crippen LogP contribution is 2.25. The lowest BCUT2D eigenvalue weighted by atomic mass is 10.2. The zero-order valence-electron chi connectivity index (χ0n) is 16.4. The summed E-state index contributed by atoms with van der Waals surface area (Å²) in [6, 6.07) is 4.72. The van der Waals surface area contributed by atoms with Crippen LogP contribution in [0.2, 0.25) is 0 Å². The number of hydrogen-bond acceptors (Lipinski definition) is 4. The maximum atomic E-state index is 12.6. The Hall–Kier alpha value is -1.36. The van der Waals surface area contributed by atoms with Crippen molar-refractivity contribution in [2.75, 3.05) is 40.3 Å². The predicted octanol–water partition coefficient (Wildman–Crippen LogP) is 3.31. The molecule has 1 rings (SSSR count). The molecule has 9 heteroatoms. The van der Waals surface area contributed by atoms with Gasteiger partial charge in [-0.1, -0.05) is 13.8 Å². The van der Waals surface area contributed by atoms with E-state index in [1.54, 1.807) is 19.2 Å². The molecule has 2 N–H and O–H groups in total. The average molecular weight is 500 g/mol. The molecule has 6 nitrogen and oxygen atoms in total. The molecule has 0 fully saturated rings. The summed E-state index contributed by atoms with van der Waals surface area (Å²) in [4.78, 5) is 6.50. The zero-order chi connectivity index (χ0) is 19.4. The van der Waals surface area contributed by atoms with E-state index in [-0.39, 0.29) is 36.3 Å². The van der Waals surface area contributed by atoms with Crippen molar-refractivity contribution in [3.63, 3.8) is 0 Å². The van der Waals surface area contributed by atoms with Gasteiger partial charge in [0.15, 0.2) is 5.96 Å². The monoisotopic (exact) mass is 500 g/mol. The van der Waals surface area contributed by atoms with E-state index in [0.717, 1.165) is 32.6 Å². The van der Waals surface area contributed by atoms with E-state index in [0.29, 0.717) is 17.3 Å². The Bertz CT molecular complexity index is 558. The number of hydrogen-bond donors (Lipinski definition) is 2. The van der Waals surface area contributed by atoms with Crippen molar-refractivity contribution >= 4 is 29.9 Å². The Kier molecular flexibility index (Phi) is 13.9. The fourth-order valence-electron chi connectivity index (χ4n) is 2.48. The molecule has 0 spiro atoms. The molecule has 0 atom stereocenters. The largest absolute Gasteiger partial charge is 0.497 e. The normalized spacial score (nSPS) is 11.3. The molecular formula is C18H31F2IN4O2. The number of alkyl halides is 2. The van der Waals surface area contributed by atoms with Gasteiger partial charge in [-0.25, -0.2) is 0 Å². The highest BCUT2D eigenvalue weighted by Gasteiger charge is 2.11. The zero-order valence-corrected chi connectivity index (χ0v) is 18.8. The van der Waals surface area contributed by atoms with Crippen molar-refractivity contribution in [2.24, 2.45) is 4.99 Å². The number of nitrogens with zero attached hydrogens (tertiary/aromatic N) is 2. The Morgan fingerprint density at radius 2 is 1.93 bits per heavy atom. The smallest absolute Gasteiger partial charge is 0.387 e. The summed E-state index contributed by atoms with van der Waals surface area (Å²) < 4.78 is 34.8. The molecular weight excluding hydrogens is 469 g/mol. The number of rotatable bonds is 11. The van der Waals surface area contributed by atoms with Crippen molar-refractivity contribution in [3.05, 3.63) is 23.8 Å². The third-order valence-corrected chi connectivity index (χ3v) is 3.99. The van der Waals surface area contributed by atoms with Gasteiger partial charge in [-0.15, -0.1) is 24.0 Å². The fraction of sp³-hybridized carbons (Fsp3) is 0.611. The third kappa shape index (κ3) is 9.94. The van der Waals surface area contributed by atoms with E-state index < -0.39 is 6.61 Å². The van der Waals surface area contributed by atoms with E-state index in [9.17, 15) is 8.78 Å². The highest BCUT2D eigenvalue weighted by atomic mass is 127. The molecule has 0 saturated heterocycles. The second-order valence-corrected chi connectivity index (χ2v) is 5.59. The maximum absolute atomic E-state index is 12.6. The summed E-state index contributed by atoms with van der Waals surface area (Å²) in [5.41, 5.74) is 0.566. The number of ether oxygens (including phenoxy) is 2. The molecule has 0 aromatic heterocycles. The van der Waals surface area contributed by atoms with Gasteiger partial charge < -0.3 is 25.0 Å². The van der Waals surface area contributed by atoms with Gasteiger partial charge >= 0.3 is 6.61 Å². The molecule has 0 aliphatic rings. The van der Waals surface area contributed by atoms with Crippen LogP contribution >= 0.6 is 24.0 Å². The first kappa shape index (κ1) is 25.6. The van der Waals surface area contributed by atoms with Crippen molar-refractivity contribution < 1.29 is 18.3 Å². The fourth-order valence-corrected chi connectivity index (χ4v) is 2.48. The number of methoxy groups -OCH3 is 1. The first-order valence-corrected chi connectivity index (χ1v) is 8.82. The molecule has 0 aliphatic heterocycles. The number of guanidine groups is 1. The summed E-state index contributed by atoms with van der Waals surface area (Å²) in [5.74, 6) is 1.30. The van der Waals surface area contributed by atoms with E-state index in [1.165, 1.54) is 13.2 Å². The molecule has 0 aliphatic carbocycles. The van der Waals surface area contributed by atoms with Crippen LogP contribution in [-0.2, 0) is 6.54 Å². The lowest BCUT2D eigenvalue weighted by Gasteiger charge is -2.19. The molecule has 27 heavy (non-hydrogen) atoms. The highest BCUT2D eigenvalue weighted by molar-refractivity contribution is 14.0. The first-order valence-electron chi connectivity index (χ1n) is 8.82. The van der Waals surface area contributed by atoms with Crippen molar-refractivity contribution in [1.29, 1.82) is 0 Å². The topological polar surface area (TPSA) is 58.1 Å². The summed E-state index contributed by atoms with van der Waals surface area (Å²) >= 11 is 0. The second-order valence-electron chi connectivity index (χ2n) is 5.59. The van der Waals surface area contributed by atoms with Crippen LogP contribution in [-0.4, -0.2) is 57.8 Å². The van der Waals surface area contributed by atoms with Gasteiger partial charge in [-0.3, -0.25) is 4.99 Å². The van der Waals surface area contributed by atoms with E-state index in [1.807, 2.05) is 0 Å². The van der Waals surface area contributed by atoms with Crippen LogP contribution in [0, 0.1) is 0 Å². The minimum Gasteiger partial charge on any atom is -0.497 e. The summed E-state index contributed by atoms with van der Waals surface area (Å²) in [7, 11) is 3.19. The minimum atomic E-state index is -2.88. The van der Waals surface area contributed by atoms with Gasteiger partial charge in [0, 0.05) is 25.7 Å². The average Bonchev–Trinajstić information content (AvgIpc) is 2.64. The lowest BCUT2D eigenvalue weighted by Crippen LogP contribution is -2.38. The Morgan fingerprint density at radius 3 is 2.48 bits per heavy atom. The standard InChI is InChI=1S/C18H30F2N4O2.HI/c1-5-24(6-2)11-7-10-22-18(21-3)23-13-14-12-15(25-4)8-9-16(14)26-17(19)20;/h8-9,12,17H,5-7,10-11,13H2,1-4H3,(H2,21,22,23);1H. The van der Waals surface area contributed by atoms with Crippen LogP contribution < -0.4 is 20.1 Å². The van der Waals surface area contributed by atoms with Crippen LogP contribution in [0.4, 0.5) is 8.78 Å². The van der Waals surface area contributed by atoms with Crippen molar-refractivity contribution in [3.8, 4) is 11.5 Å². The SMILES string of the molecule is CCN(CC)CCCNC(=NC)NCc1cc(OC)ccc1OC(F)F.I. The summed E-state index contributed by atoms with van der Waals surface area (Å²) in [6.07, 6.45) is 0.987. The molecule has 1 aromatic carbocycles. The molecule has 0 unspecified atom stereocenters. The van der Waals surface area contributed by atoms with Gasteiger partial charge in [0.25, 0.3) is 0 Å². The quantitative estimate of drug-likeness (QED) is 0.211. The second kappa shape index (κ2) is 14.7. The molecule has 0 radical (unpaired) electrons. The minimum absolute atomic E-state index is 0. The summed E-state index contributed by atoms with van der Waals surface area (Å²) in [6.45, 7) is 5.55. The molecule has 0 heterocycles. The van der Waals surface area contributed by atoms with Crippen LogP contribution in [0.1, 0.15) is 25.8 Å². The number of benzene rings is 1. The van der Waals surface area contributed by atoms with Crippen molar-refractivity contribution in [1.82, 2.24) is 15.5 Å². The van der Waals surface area contributed by atoms with E-state index in [2.05, 4.69) is 39.1 Å². The van der Waals surface area contributed by atoms with E-state index >= 15 is 0 Å².